The summed E-state index contributed by atoms with van der Waals surface area (Å²) in [6.45, 7) is 8.52. The number of carbonyl (C=O) groups excluding carboxylic acids is 1. The van der Waals surface area contributed by atoms with Gasteiger partial charge in [0.05, 0.1) is 12.6 Å². The molecule has 0 aromatic heterocycles. The third-order valence-electron chi connectivity index (χ3n) is 5.28. The predicted molar refractivity (Wildman–Crippen MR) is 122 cm³/mol. The van der Waals surface area contributed by atoms with Crippen molar-refractivity contribution in [3.63, 3.8) is 0 Å². The molecule has 1 heterocycles. The number of anilines is 1. The monoisotopic (exact) mass is 433 g/mol. The third kappa shape index (κ3) is 5.52. The molecule has 0 spiro atoms. The Morgan fingerprint density at radius 2 is 1.76 bits per heavy atom. The molecule has 1 aliphatic heterocycles. The summed E-state index contributed by atoms with van der Waals surface area (Å²) < 4.78 is 0. The van der Waals surface area contributed by atoms with Gasteiger partial charge in [-0.2, -0.15) is 0 Å². The van der Waals surface area contributed by atoms with E-state index in [1.54, 1.807) is 0 Å². The molecule has 0 bridgehead atoms. The van der Waals surface area contributed by atoms with Crippen LogP contribution in [0.25, 0.3) is 0 Å². The van der Waals surface area contributed by atoms with Crippen LogP contribution in [0, 0.1) is 0 Å². The van der Waals surface area contributed by atoms with Crippen LogP contribution in [-0.4, -0.2) is 48.4 Å². The van der Waals surface area contributed by atoms with Gasteiger partial charge < -0.3 is 10.2 Å². The number of hydrogen-bond acceptors (Lipinski definition) is 3. The van der Waals surface area contributed by atoms with Crippen molar-refractivity contribution in [1.29, 1.82) is 0 Å². The molecular formula is C23H29Cl2N3O. The van der Waals surface area contributed by atoms with Gasteiger partial charge in [-0.3, -0.25) is 9.69 Å². The first-order valence-electron chi connectivity index (χ1n) is 10.3. The molecule has 1 amide bonds. The Labute approximate surface area is 183 Å². The van der Waals surface area contributed by atoms with Crippen molar-refractivity contribution in [3.05, 3.63) is 63.6 Å². The molecule has 0 fully saturated rings. The van der Waals surface area contributed by atoms with Crippen molar-refractivity contribution in [1.82, 2.24) is 9.80 Å². The second-order valence-corrected chi connectivity index (χ2v) is 8.36. The van der Waals surface area contributed by atoms with Crippen LogP contribution >= 0.6 is 23.2 Å². The molecule has 0 saturated carbocycles. The van der Waals surface area contributed by atoms with E-state index in [9.17, 15) is 4.79 Å². The van der Waals surface area contributed by atoms with Crippen LogP contribution in [0.1, 0.15) is 43.9 Å². The van der Waals surface area contributed by atoms with Crippen molar-refractivity contribution in [3.8, 4) is 0 Å². The Morgan fingerprint density at radius 1 is 1.03 bits per heavy atom. The largest absolute Gasteiger partial charge is 0.325 e. The van der Waals surface area contributed by atoms with E-state index in [-0.39, 0.29) is 11.9 Å². The van der Waals surface area contributed by atoms with E-state index < -0.39 is 0 Å². The Kier molecular flexibility index (Phi) is 7.96. The van der Waals surface area contributed by atoms with E-state index in [2.05, 4.69) is 29.0 Å². The highest BCUT2D eigenvalue weighted by Gasteiger charge is 2.31. The summed E-state index contributed by atoms with van der Waals surface area (Å²) in [5.41, 5.74) is 2.77. The maximum absolute atomic E-state index is 12.7. The van der Waals surface area contributed by atoms with Crippen LogP contribution in [0.2, 0.25) is 10.0 Å². The number of nitrogens with one attached hydrogen (secondary N) is 1. The molecule has 4 nitrogen and oxygen atoms in total. The molecule has 1 unspecified atom stereocenters. The lowest BCUT2D eigenvalue weighted by Crippen LogP contribution is -2.40. The molecule has 156 valence electrons. The van der Waals surface area contributed by atoms with Crippen LogP contribution in [-0.2, 0) is 4.79 Å². The summed E-state index contributed by atoms with van der Waals surface area (Å²) in [5, 5.41) is 4.39. The lowest BCUT2D eigenvalue weighted by molar-refractivity contribution is -0.117. The summed E-state index contributed by atoms with van der Waals surface area (Å²) in [6.07, 6.45) is 2.24. The van der Waals surface area contributed by atoms with Crippen molar-refractivity contribution in [2.45, 2.75) is 32.7 Å². The number of halogens is 2. The topological polar surface area (TPSA) is 35.6 Å². The zero-order chi connectivity index (χ0) is 20.8. The average molecular weight is 434 g/mol. The lowest BCUT2D eigenvalue weighted by atomic mass is 9.95. The summed E-state index contributed by atoms with van der Waals surface area (Å²) in [5.74, 6) is -0.0133. The molecule has 0 aliphatic carbocycles. The van der Waals surface area contributed by atoms with Gasteiger partial charge >= 0.3 is 0 Å². The summed E-state index contributed by atoms with van der Waals surface area (Å²) in [6, 6.07) is 13.4. The minimum Gasteiger partial charge on any atom is -0.325 e. The lowest BCUT2D eigenvalue weighted by Gasteiger charge is -2.33. The highest BCUT2D eigenvalue weighted by Crippen LogP contribution is 2.39. The van der Waals surface area contributed by atoms with E-state index in [0.29, 0.717) is 16.6 Å². The minimum atomic E-state index is -0.138. The van der Waals surface area contributed by atoms with Crippen LogP contribution < -0.4 is 5.32 Å². The molecule has 6 heteroatoms. The van der Waals surface area contributed by atoms with Crippen LogP contribution in [0.5, 0.6) is 0 Å². The first-order chi connectivity index (χ1) is 14.0. The summed E-state index contributed by atoms with van der Waals surface area (Å²) in [4.78, 5) is 17.3. The molecule has 0 saturated heterocycles. The highest BCUT2D eigenvalue weighted by molar-refractivity contribution is 6.31. The second-order valence-electron chi connectivity index (χ2n) is 7.52. The van der Waals surface area contributed by atoms with Crippen molar-refractivity contribution in [2.24, 2.45) is 0 Å². The SMILES string of the molecule is CCCN(CCC)CCN1CC(=O)Nc2ccc(Cl)cc2C1c1ccccc1Cl. The first-order valence-corrected chi connectivity index (χ1v) is 11.1. The Bertz CT molecular complexity index is 837. The van der Waals surface area contributed by atoms with Gasteiger partial charge in [0.25, 0.3) is 0 Å². The third-order valence-corrected chi connectivity index (χ3v) is 5.86. The van der Waals surface area contributed by atoms with Gasteiger partial charge in [-0.25, -0.2) is 0 Å². The number of fused-ring (bicyclic) bond motifs is 1. The van der Waals surface area contributed by atoms with E-state index in [0.717, 1.165) is 55.8 Å². The molecular weight excluding hydrogens is 405 g/mol. The number of nitrogens with zero attached hydrogens (tertiary/aromatic N) is 2. The van der Waals surface area contributed by atoms with Crippen molar-refractivity contribution >= 4 is 34.8 Å². The number of rotatable bonds is 8. The number of hydrogen-bond donors (Lipinski definition) is 1. The van der Waals surface area contributed by atoms with Gasteiger partial charge in [0.2, 0.25) is 5.91 Å². The van der Waals surface area contributed by atoms with E-state index >= 15 is 0 Å². The molecule has 2 aromatic carbocycles. The Balaban J connectivity index is 2.00. The molecule has 2 aromatic rings. The molecule has 0 radical (unpaired) electrons. The normalized spacial score (nSPS) is 17.1. The second kappa shape index (κ2) is 10.4. The molecule has 29 heavy (non-hydrogen) atoms. The zero-order valence-electron chi connectivity index (χ0n) is 17.1. The van der Waals surface area contributed by atoms with Crippen LogP contribution in [0.4, 0.5) is 5.69 Å². The quantitative estimate of drug-likeness (QED) is 0.600. The Hall–Kier alpha value is -1.59. The smallest absolute Gasteiger partial charge is 0.238 e. The maximum atomic E-state index is 12.7. The van der Waals surface area contributed by atoms with Crippen LogP contribution in [0.15, 0.2) is 42.5 Å². The number of benzene rings is 2. The van der Waals surface area contributed by atoms with Crippen molar-refractivity contribution in [2.75, 3.05) is 38.0 Å². The fourth-order valence-corrected chi connectivity index (χ4v) is 4.46. The summed E-state index contributed by atoms with van der Waals surface area (Å²) >= 11 is 12.9. The van der Waals surface area contributed by atoms with Gasteiger partial charge in [-0.05, 0) is 61.3 Å². The number of carbonyl (C=O) groups is 1. The number of amides is 1. The zero-order valence-corrected chi connectivity index (χ0v) is 18.6. The van der Waals surface area contributed by atoms with Gasteiger partial charge in [-0.1, -0.05) is 55.2 Å². The van der Waals surface area contributed by atoms with Gasteiger partial charge in [-0.15, -0.1) is 0 Å². The first kappa shape index (κ1) is 22.1. The molecule has 1 N–H and O–H groups in total. The molecule has 1 atom stereocenters. The van der Waals surface area contributed by atoms with E-state index in [1.807, 2.05) is 42.5 Å². The maximum Gasteiger partial charge on any atom is 0.238 e. The van der Waals surface area contributed by atoms with Gasteiger partial charge in [0.1, 0.15) is 0 Å². The fraction of sp³-hybridized carbons (Fsp3) is 0.435. The van der Waals surface area contributed by atoms with Crippen LogP contribution in [0.3, 0.4) is 0 Å². The summed E-state index contributed by atoms with van der Waals surface area (Å²) in [7, 11) is 0. The average Bonchev–Trinajstić information content (AvgIpc) is 2.82. The standard InChI is InChI=1S/C23H29Cl2N3O/c1-3-11-27(12-4-2)13-14-28-16-22(29)26-21-10-9-17(24)15-19(21)23(28)18-7-5-6-8-20(18)25/h5-10,15,23H,3-4,11-14,16H2,1-2H3,(H,26,29). The molecule has 1 aliphatic rings. The van der Waals surface area contributed by atoms with Gasteiger partial charge in [0, 0.05) is 28.8 Å². The van der Waals surface area contributed by atoms with Crippen molar-refractivity contribution < 1.29 is 4.79 Å². The highest BCUT2D eigenvalue weighted by atomic mass is 35.5. The van der Waals surface area contributed by atoms with E-state index in [4.69, 9.17) is 23.2 Å². The van der Waals surface area contributed by atoms with E-state index in [1.165, 1.54) is 0 Å². The molecule has 3 rings (SSSR count). The minimum absolute atomic E-state index is 0.0133. The Morgan fingerprint density at radius 3 is 2.45 bits per heavy atom. The van der Waals surface area contributed by atoms with Gasteiger partial charge in [0.15, 0.2) is 0 Å². The fourth-order valence-electron chi connectivity index (χ4n) is 4.04. The predicted octanol–water partition coefficient (Wildman–Crippen LogP) is 5.46.